The van der Waals surface area contributed by atoms with Crippen LogP contribution in [0.3, 0.4) is 0 Å². The molecule has 8 heteroatoms. The van der Waals surface area contributed by atoms with Crippen LogP contribution in [0.4, 0.5) is 10.2 Å². The molecule has 0 atom stereocenters. The first-order valence-corrected chi connectivity index (χ1v) is 8.03. The summed E-state index contributed by atoms with van der Waals surface area (Å²) in [6.07, 6.45) is 4.73. The molecule has 2 aromatic heterocycles. The molecule has 0 spiro atoms. The number of nitrogens with zero attached hydrogens (tertiary/aromatic N) is 4. The summed E-state index contributed by atoms with van der Waals surface area (Å²) in [4.78, 5) is 12.5. The van der Waals surface area contributed by atoms with Crippen molar-refractivity contribution in [3.05, 3.63) is 65.3 Å². The van der Waals surface area contributed by atoms with Gasteiger partial charge in [0, 0.05) is 24.0 Å². The molecular formula is C17H17ClFN5O. The van der Waals surface area contributed by atoms with Crippen molar-refractivity contribution in [1.29, 1.82) is 0 Å². The second-order valence-electron chi connectivity index (χ2n) is 6.11. The largest absolute Gasteiger partial charge is 0.307 e. The highest BCUT2D eigenvalue weighted by Crippen LogP contribution is 2.19. The Bertz CT molecular complexity index is 902. The Balaban J connectivity index is 1.71. The molecule has 3 aromatic rings. The zero-order valence-corrected chi connectivity index (χ0v) is 14.5. The van der Waals surface area contributed by atoms with E-state index in [-0.39, 0.29) is 18.3 Å². The molecule has 25 heavy (non-hydrogen) atoms. The Morgan fingerprint density at radius 2 is 2.08 bits per heavy atom. The SMILES string of the molecule is CC(C)(C(=O)Nc1ccn(Cc2ccccc2F)n1)n1cc(Cl)cn1. The van der Waals surface area contributed by atoms with Gasteiger partial charge in [-0.3, -0.25) is 14.2 Å². The van der Waals surface area contributed by atoms with Gasteiger partial charge in [0.05, 0.1) is 17.8 Å². The molecule has 0 saturated carbocycles. The third-order valence-corrected chi connectivity index (χ3v) is 4.05. The molecule has 0 saturated heterocycles. The van der Waals surface area contributed by atoms with E-state index in [1.165, 1.54) is 16.9 Å². The lowest BCUT2D eigenvalue weighted by Crippen LogP contribution is -2.40. The van der Waals surface area contributed by atoms with Gasteiger partial charge in [-0.25, -0.2) is 4.39 Å². The minimum absolute atomic E-state index is 0.278. The summed E-state index contributed by atoms with van der Waals surface area (Å²) in [7, 11) is 0. The van der Waals surface area contributed by atoms with E-state index >= 15 is 0 Å². The van der Waals surface area contributed by atoms with Crippen molar-refractivity contribution in [3.63, 3.8) is 0 Å². The first-order chi connectivity index (χ1) is 11.9. The van der Waals surface area contributed by atoms with Gasteiger partial charge in [-0.1, -0.05) is 29.8 Å². The van der Waals surface area contributed by atoms with Crippen molar-refractivity contribution >= 4 is 23.3 Å². The van der Waals surface area contributed by atoms with Crippen LogP contribution in [0.1, 0.15) is 19.4 Å². The minimum Gasteiger partial charge on any atom is -0.307 e. The van der Waals surface area contributed by atoms with Gasteiger partial charge in [-0.05, 0) is 19.9 Å². The second-order valence-corrected chi connectivity index (χ2v) is 6.54. The molecule has 2 heterocycles. The minimum atomic E-state index is -0.942. The molecule has 6 nitrogen and oxygen atoms in total. The smallest absolute Gasteiger partial charge is 0.252 e. The van der Waals surface area contributed by atoms with Crippen molar-refractivity contribution in [1.82, 2.24) is 19.6 Å². The number of halogens is 2. The van der Waals surface area contributed by atoms with Crippen molar-refractivity contribution in [2.45, 2.75) is 25.9 Å². The lowest BCUT2D eigenvalue weighted by molar-refractivity contribution is -0.123. The number of aromatic nitrogens is 4. The highest BCUT2D eigenvalue weighted by Gasteiger charge is 2.31. The zero-order valence-electron chi connectivity index (χ0n) is 13.8. The van der Waals surface area contributed by atoms with Gasteiger partial charge in [-0.2, -0.15) is 10.2 Å². The van der Waals surface area contributed by atoms with E-state index < -0.39 is 5.54 Å². The van der Waals surface area contributed by atoms with Crippen molar-refractivity contribution in [2.75, 3.05) is 5.32 Å². The molecule has 0 radical (unpaired) electrons. The van der Waals surface area contributed by atoms with E-state index in [1.807, 2.05) is 0 Å². The molecule has 1 amide bonds. The quantitative estimate of drug-likeness (QED) is 0.758. The van der Waals surface area contributed by atoms with Crippen LogP contribution in [-0.2, 0) is 16.9 Å². The van der Waals surface area contributed by atoms with Crippen LogP contribution in [0.2, 0.25) is 5.02 Å². The number of hydrogen-bond acceptors (Lipinski definition) is 3. The van der Waals surface area contributed by atoms with Gasteiger partial charge >= 0.3 is 0 Å². The molecular weight excluding hydrogens is 345 g/mol. The predicted octanol–water partition coefficient (Wildman–Crippen LogP) is 3.29. The number of anilines is 1. The maximum absolute atomic E-state index is 13.7. The molecule has 0 aliphatic carbocycles. The predicted molar refractivity (Wildman–Crippen MR) is 92.9 cm³/mol. The van der Waals surface area contributed by atoms with Crippen LogP contribution in [0, 0.1) is 5.82 Å². The Hall–Kier alpha value is -2.67. The molecule has 0 fully saturated rings. The Kier molecular flexibility index (Phi) is 4.59. The summed E-state index contributed by atoms with van der Waals surface area (Å²) in [6.45, 7) is 3.73. The lowest BCUT2D eigenvalue weighted by Gasteiger charge is -2.23. The molecule has 0 unspecified atom stereocenters. The van der Waals surface area contributed by atoms with Gasteiger partial charge in [0.15, 0.2) is 5.82 Å². The topological polar surface area (TPSA) is 64.7 Å². The average Bonchev–Trinajstić information content (AvgIpc) is 3.19. The fraction of sp³-hybridized carbons (Fsp3) is 0.235. The van der Waals surface area contributed by atoms with E-state index in [0.717, 1.165) is 0 Å². The lowest BCUT2D eigenvalue weighted by atomic mass is 10.1. The van der Waals surface area contributed by atoms with Crippen LogP contribution < -0.4 is 5.32 Å². The molecule has 0 aliphatic heterocycles. The highest BCUT2D eigenvalue weighted by atomic mass is 35.5. The van der Waals surface area contributed by atoms with Crippen molar-refractivity contribution in [2.24, 2.45) is 0 Å². The van der Waals surface area contributed by atoms with Crippen LogP contribution in [0.15, 0.2) is 48.9 Å². The Labute approximate surface area is 149 Å². The fourth-order valence-electron chi connectivity index (χ4n) is 2.30. The normalized spacial score (nSPS) is 11.5. The summed E-state index contributed by atoms with van der Waals surface area (Å²) in [5, 5.41) is 11.5. The first-order valence-electron chi connectivity index (χ1n) is 7.65. The van der Waals surface area contributed by atoms with E-state index in [9.17, 15) is 9.18 Å². The van der Waals surface area contributed by atoms with E-state index in [0.29, 0.717) is 16.4 Å². The molecule has 0 aliphatic rings. The molecule has 0 bridgehead atoms. The summed E-state index contributed by atoms with van der Waals surface area (Å²) in [5.41, 5.74) is -0.419. The number of carbonyl (C=O) groups is 1. The zero-order chi connectivity index (χ0) is 18.0. The fourth-order valence-corrected chi connectivity index (χ4v) is 2.43. The Morgan fingerprint density at radius 1 is 1.32 bits per heavy atom. The summed E-state index contributed by atoms with van der Waals surface area (Å²) in [6, 6.07) is 8.16. The van der Waals surface area contributed by atoms with Gasteiger partial charge in [0.1, 0.15) is 11.4 Å². The summed E-state index contributed by atoms with van der Waals surface area (Å²) < 4.78 is 16.8. The Morgan fingerprint density at radius 3 is 2.76 bits per heavy atom. The average molecular weight is 362 g/mol. The van der Waals surface area contributed by atoms with Gasteiger partial charge in [-0.15, -0.1) is 0 Å². The maximum atomic E-state index is 13.7. The molecule has 1 N–H and O–H groups in total. The number of carbonyl (C=O) groups excluding carboxylic acids is 1. The standard InChI is InChI=1S/C17H17ClFN5O/c1-17(2,24-11-13(18)9-20-24)16(25)21-15-7-8-23(22-15)10-12-5-3-4-6-14(12)19/h3-9,11H,10H2,1-2H3,(H,21,22,25). The third-order valence-electron chi connectivity index (χ3n) is 3.85. The number of benzene rings is 1. The van der Waals surface area contributed by atoms with E-state index in [2.05, 4.69) is 15.5 Å². The maximum Gasteiger partial charge on any atom is 0.252 e. The molecule has 130 valence electrons. The second kappa shape index (κ2) is 6.68. The van der Waals surface area contributed by atoms with Crippen LogP contribution in [-0.4, -0.2) is 25.5 Å². The first kappa shape index (κ1) is 17.2. The number of rotatable bonds is 5. The van der Waals surface area contributed by atoms with E-state index in [1.54, 1.807) is 55.2 Å². The van der Waals surface area contributed by atoms with Gasteiger partial charge in [0.2, 0.25) is 0 Å². The van der Waals surface area contributed by atoms with Gasteiger partial charge < -0.3 is 5.32 Å². The third kappa shape index (κ3) is 3.71. The van der Waals surface area contributed by atoms with Crippen molar-refractivity contribution < 1.29 is 9.18 Å². The highest BCUT2D eigenvalue weighted by molar-refractivity contribution is 6.30. The monoisotopic (exact) mass is 361 g/mol. The van der Waals surface area contributed by atoms with Crippen LogP contribution in [0.5, 0.6) is 0 Å². The number of nitrogens with one attached hydrogen (secondary N) is 1. The molecule has 1 aromatic carbocycles. The number of hydrogen-bond donors (Lipinski definition) is 1. The molecule has 3 rings (SSSR count). The summed E-state index contributed by atoms with van der Waals surface area (Å²) >= 11 is 5.86. The van der Waals surface area contributed by atoms with Gasteiger partial charge in [0.25, 0.3) is 5.91 Å². The van der Waals surface area contributed by atoms with E-state index in [4.69, 9.17) is 11.6 Å². The number of amides is 1. The summed E-state index contributed by atoms with van der Waals surface area (Å²) in [5.74, 6) is -0.198. The van der Waals surface area contributed by atoms with Crippen molar-refractivity contribution in [3.8, 4) is 0 Å². The van der Waals surface area contributed by atoms with Crippen LogP contribution in [0.25, 0.3) is 0 Å². The van der Waals surface area contributed by atoms with Crippen LogP contribution >= 0.6 is 11.6 Å².